The summed E-state index contributed by atoms with van der Waals surface area (Å²) in [6.45, 7) is 7.28. The average molecular weight is 418 g/mol. The van der Waals surface area contributed by atoms with Gasteiger partial charge in [-0.1, -0.05) is 13.8 Å². The summed E-state index contributed by atoms with van der Waals surface area (Å²) in [5.74, 6) is -3.03. The second-order valence-corrected chi connectivity index (χ2v) is 7.21. The van der Waals surface area contributed by atoms with Gasteiger partial charge in [0.2, 0.25) is 5.79 Å². The van der Waals surface area contributed by atoms with Gasteiger partial charge in [0.15, 0.2) is 0 Å². The maximum absolute atomic E-state index is 13.0. The molecule has 8 heteroatoms. The summed E-state index contributed by atoms with van der Waals surface area (Å²) >= 11 is 0. The van der Waals surface area contributed by atoms with Crippen molar-refractivity contribution in [3.63, 3.8) is 0 Å². The topological polar surface area (TPSA) is 96.9 Å². The number of nitrogens with one attached hydrogen (secondary N) is 2. The van der Waals surface area contributed by atoms with E-state index in [1.807, 2.05) is 13.8 Å². The Hall–Kier alpha value is -2.97. The minimum Gasteiger partial charge on any atom is -0.462 e. The highest BCUT2D eigenvalue weighted by atomic mass is 19.1. The van der Waals surface area contributed by atoms with Crippen molar-refractivity contribution in [1.82, 2.24) is 5.32 Å². The molecule has 2 rings (SSSR count). The van der Waals surface area contributed by atoms with Crippen LogP contribution in [-0.4, -0.2) is 42.0 Å². The van der Waals surface area contributed by atoms with Gasteiger partial charge in [0, 0.05) is 24.2 Å². The number of ether oxygens (including phenoxy) is 2. The van der Waals surface area contributed by atoms with Gasteiger partial charge >= 0.3 is 5.97 Å². The highest BCUT2D eigenvalue weighted by molar-refractivity contribution is 6.05. The smallest absolute Gasteiger partial charge is 0.341 e. The van der Waals surface area contributed by atoms with E-state index in [0.29, 0.717) is 5.69 Å². The maximum atomic E-state index is 13.0. The summed E-state index contributed by atoms with van der Waals surface area (Å²) < 4.78 is 23.8. The first-order valence-corrected chi connectivity index (χ1v) is 9.64. The molecule has 0 aromatic heterocycles. The first kappa shape index (κ1) is 23.3. The van der Waals surface area contributed by atoms with E-state index in [4.69, 9.17) is 9.47 Å². The summed E-state index contributed by atoms with van der Waals surface area (Å²) in [4.78, 5) is 24.8. The Morgan fingerprint density at radius 3 is 2.43 bits per heavy atom. The van der Waals surface area contributed by atoms with Crippen LogP contribution in [-0.2, 0) is 4.74 Å². The van der Waals surface area contributed by atoms with E-state index in [1.165, 1.54) is 49.4 Å². The van der Waals surface area contributed by atoms with Crippen LogP contribution in [0.2, 0.25) is 0 Å². The molecule has 0 aliphatic carbocycles. The van der Waals surface area contributed by atoms with Crippen molar-refractivity contribution >= 4 is 17.6 Å². The fraction of sp³-hybridized carbons (Fsp3) is 0.364. The minimum atomic E-state index is -1.58. The lowest BCUT2D eigenvalue weighted by Gasteiger charge is -2.27. The minimum absolute atomic E-state index is 0.0542. The lowest BCUT2D eigenvalue weighted by Crippen LogP contribution is -2.45. The van der Waals surface area contributed by atoms with E-state index in [2.05, 4.69) is 10.6 Å². The van der Waals surface area contributed by atoms with E-state index in [0.717, 1.165) is 0 Å². The number of carbonyl (C=O) groups excluding carboxylic acids is 2. The largest absolute Gasteiger partial charge is 0.462 e. The number of anilines is 1. The molecule has 0 fully saturated rings. The fourth-order valence-electron chi connectivity index (χ4n) is 2.54. The van der Waals surface area contributed by atoms with Gasteiger partial charge in [0.1, 0.15) is 17.1 Å². The number of aliphatic hydroxyl groups is 1. The molecule has 1 atom stereocenters. The van der Waals surface area contributed by atoms with Crippen LogP contribution in [0.5, 0.6) is 5.75 Å². The van der Waals surface area contributed by atoms with Gasteiger partial charge in [-0.25, -0.2) is 9.18 Å². The summed E-state index contributed by atoms with van der Waals surface area (Å²) in [5, 5.41) is 16.2. The third-order valence-electron chi connectivity index (χ3n) is 4.01. The van der Waals surface area contributed by atoms with Gasteiger partial charge in [0.05, 0.1) is 13.2 Å². The van der Waals surface area contributed by atoms with Crippen LogP contribution in [0.3, 0.4) is 0 Å². The van der Waals surface area contributed by atoms with Gasteiger partial charge in [-0.05, 0) is 49.4 Å². The molecule has 0 spiro atoms. The molecule has 0 aliphatic heterocycles. The Morgan fingerprint density at radius 2 is 1.83 bits per heavy atom. The highest BCUT2D eigenvalue weighted by Crippen LogP contribution is 2.27. The zero-order valence-corrected chi connectivity index (χ0v) is 17.5. The number of carbonyl (C=O) groups is 2. The van der Waals surface area contributed by atoms with Crippen LogP contribution in [0.4, 0.5) is 10.1 Å². The third-order valence-corrected chi connectivity index (χ3v) is 4.01. The van der Waals surface area contributed by atoms with E-state index in [9.17, 15) is 19.1 Å². The number of amides is 1. The second kappa shape index (κ2) is 10.2. The van der Waals surface area contributed by atoms with E-state index < -0.39 is 23.5 Å². The molecule has 0 bridgehead atoms. The molecule has 0 saturated carbocycles. The zero-order valence-electron chi connectivity index (χ0n) is 17.5. The van der Waals surface area contributed by atoms with Crippen LogP contribution in [0, 0.1) is 5.82 Å². The molecule has 0 radical (unpaired) electrons. The molecule has 1 unspecified atom stereocenters. The van der Waals surface area contributed by atoms with Crippen LogP contribution in [0.1, 0.15) is 48.4 Å². The quantitative estimate of drug-likeness (QED) is 0.427. The van der Waals surface area contributed by atoms with E-state index in [-0.39, 0.29) is 36.1 Å². The standard InChI is InChI=1S/C22H27FN2O5/c1-5-29-21(27)18-12-17(25-20(26)15-6-8-16(23)9-7-15)10-11-19(18)30-22(4,28)13-24-14(2)3/h6-12,14,24,28H,5,13H2,1-4H3,(H,25,26). The molecule has 162 valence electrons. The SMILES string of the molecule is CCOC(=O)c1cc(NC(=O)c2ccc(F)cc2)ccc1OC(C)(O)CNC(C)C. The molecular formula is C22H27FN2O5. The molecule has 0 saturated heterocycles. The van der Waals surface area contributed by atoms with Crippen molar-refractivity contribution in [2.75, 3.05) is 18.5 Å². The number of esters is 1. The highest BCUT2D eigenvalue weighted by Gasteiger charge is 2.26. The molecule has 1 amide bonds. The number of halogens is 1. The van der Waals surface area contributed by atoms with Gasteiger partial charge in [-0.2, -0.15) is 0 Å². The number of hydrogen-bond donors (Lipinski definition) is 3. The Morgan fingerprint density at radius 1 is 1.17 bits per heavy atom. The van der Waals surface area contributed by atoms with Crippen LogP contribution in [0.15, 0.2) is 42.5 Å². The van der Waals surface area contributed by atoms with E-state index >= 15 is 0 Å². The van der Waals surface area contributed by atoms with Crippen molar-refractivity contribution in [2.45, 2.75) is 39.5 Å². The molecule has 30 heavy (non-hydrogen) atoms. The number of rotatable bonds is 9. The lowest BCUT2D eigenvalue weighted by atomic mass is 10.1. The van der Waals surface area contributed by atoms with Crippen LogP contribution >= 0.6 is 0 Å². The Balaban J connectivity index is 2.25. The molecule has 2 aromatic rings. The van der Waals surface area contributed by atoms with Crippen molar-refractivity contribution < 1.29 is 28.6 Å². The second-order valence-electron chi connectivity index (χ2n) is 7.21. The monoisotopic (exact) mass is 418 g/mol. The Kier molecular flexibility index (Phi) is 7.91. The van der Waals surface area contributed by atoms with Crippen molar-refractivity contribution in [2.24, 2.45) is 0 Å². The molecule has 2 aromatic carbocycles. The van der Waals surface area contributed by atoms with Gasteiger partial charge in [-0.3, -0.25) is 4.79 Å². The summed E-state index contributed by atoms with van der Waals surface area (Å²) in [6.07, 6.45) is 0. The zero-order chi connectivity index (χ0) is 22.3. The summed E-state index contributed by atoms with van der Waals surface area (Å²) in [7, 11) is 0. The molecule has 0 aliphatic rings. The molecule has 0 heterocycles. The Labute approximate surface area is 175 Å². The third kappa shape index (κ3) is 6.82. The Bertz CT molecular complexity index is 882. The maximum Gasteiger partial charge on any atom is 0.341 e. The number of hydrogen-bond acceptors (Lipinski definition) is 6. The van der Waals surface area contributed by atoms with Crippen LogP contribution < -0.4 is 15.4 Å². The van der Waals surface area contributed by atoms with Crippen molar-refractivity contribution in [3.05, 3.63) is 59.4 Å². The molecule has 7 nitrogen and oxygen atoms in total. The lowest BCUT2D eigenvalue weighted by molar-refractivity contribution is -0.119. The predicted molar refractivity (Wildman–Crippen MR) is 111 cm³/mol. The van der Waals surface area contributed by atoms with Crippen molar-refractivity contribution in [1.29, 1.82) is 0 Å². The predicted octanol–water partition coefficient (Wildman–Crippen LogP) is 3.34. The summed E-state index contributed by atoms with van der Waals surface area (Å²) in [6, 6.07) is 9.61. The van der Waals surface area contributed by atoms with Crippen molar-refractivity contribution in [3.8, 4) is 5.75 Å². The first-order valence-electron chi connectivity index (χ1n) is 9.64. The summed E-state index contributed by atoms with van der Waals surface area (Å²) in [5.41, 5.74) is 0.635. The van der Waals surface area contributed by atoms with Gasteiger partial charge in [0.25, 0.3) is 5.91 Å². The van der Waals surface area contributed by atoms with Gasteiger partial charge in [-0.15, -0.1) is 0 Å². The molecule has 3 N–H and O–H groups in total. The first-order chi connectivity index (χ1) is 14.1. The molecular weight excluding hydrogens is 391 g/mol. The van der Waals surface area contributed by atoms with Gasteiger partial charge < -0.3 is 25.2 Å². The average Bonchev–Trinajstić information content (AvgIpc) is 2.68. The number of benzene rings is 2. The normalized spacial score (nSPS) is 12.9. The van der Waals surface area contributed by atoms with Crippen LogP contribution in [0.25, 0.3) is 0 Å². The fourth-order valence-corrected chi connectivity index (χ4v) is 2.54. The van der Waals surface area contributed by atoms with E-state index in [1.54, 1.807) is 6.92 Å².